The fourth-order valence-electron chi connectivity index (χ4n) is 1.67. The molecule has 1 heterocycles. The van der Waals surface area contributed by atoms with Crippen molar-refractivity contribution in [2.75, 3.05) is 5.32 Å². The van der Waals surface area contributed by atoms with Gasteiger partial charge in [0.25, 0.3) is 0 Å². The van der Waals surface area contributed by atoms with Gasteiger partial charge in [-0.1, -0.05) is 24.4 Å². The van der Waals surface area contributed by atoms with Crippen molar-refractivity contribution in [2.24, 2.45) is 0 Å². The predicted molar refractivity (Wildman–Crippen MR) is 52.9 cm³/mol. The third-order valence-electron chi connectivity index (χ3n) is 2.33. The summed E-state index contributed by atoms with van der Waals surface area (Å²) in [5.41, 5.74) is 0. The molecule has 0 saturated heterocycles. The van der Waals surface area contributed by atoms with Crippen molar-refractivity contribution in [3.05, 3.63) is 17.5 Å². The predicted octanol–water partition coefficient (Wildman–Crippen LogP) is 2.48. The third kappa shape index (κ3) is 2.31. The first-order valence-electron chi connectivity index (χ1n) is 4.59. The van der Waals surface area contributed by atoms with Crippen LogP contribution in [0.2, 0.25) is 5.15 Å². The van der Waals surface area contributed by atoms with Crippen LogP contribution < -0.4 is 5.32 Å². The molecule has 1 aliphatic carbocycles. The second-order valence-corrected chi connectivity index (χ2v) is 3.74. The van der Waals surface area contributed by atoms with Crippen LogP contribution in [0.4, 0.5) is 5.82 Å². The summed E-state index contributed by atoms with van der Waals surface area (Å²) in [5.74, 6) is 0.830. The van der Waals surface area contributed by atoms with Gasteiger partial charge in [-0.05, 0) is 12.8 Å². The van der Waals surface area contributed by atoms with Gasteiger partial charge < -0.3 is 5.32 Å². The Balaban J connectivity index is 1.97. The number of hydrogen-bond acceptors (Lipinski definition) is 3. The maximum atomic E-state index is 5.63. The molecular formula is C9H12ClN3. The average Bonchev–Trinajstić information content (AvgIpc) is 2.62. The lowest BCUT2D eigenvalue weighted by molar-refractivity contribution is 0.749. The van der Waals surface area contributed by atoms with Gasteiger partial charge in [0.05, 0.1) is 12.4 Å². The molecule has 1 aromatic heterocycles. The lowest BCUT2D eigenvalue weighted by atomic mass is 10.2. The van der Waals surface area contributed by atoms with Crippen molar-refractivity contribution < 1.29 is 0 Å². The van der Waals surface area contributed by atoms with Crippen LogP contribution in [0.5, 0.6) is 0 Å². The van der Waals surface area contributed by atoms with E-state index in [1.54, 1.807) is 12.4 Å². The van der Waals surface area contributed by atoms with E-state index in [1.807, 2.05) is 0 Å². The van der Waals surface area contributed by atoms with Gasteiger partial charge >= 0.3 is 0 Å². The quantitative estimate of drug-likeness (QED) is 0.792. The summed E-state index contributed by atoms with van der Waals surface area (Å²) >= 11 is 5.63. The Morgan fingerprint density at radius 1 is 1.23 bits per heavy atom. The van der Waals surface area contributed by atoms with Crippen LogP contribution in [-0.2, 0) is 0 Å². The molecule has 0 atom stereocenters. The summed E-state index contributed by atoms with van der Waals surface area (Å²) < 4.78 is 0. The van der Waals surface area contributed by atoms with Crippen LogP contribution >= 0.6 is 11.6 Å². The van der Waals surface area contributed by atoms with E-state index in [9.17, 15) is 0 Å². The van der Waals surface area contributed by atoms with Crippen molar-refractivity contribution in [1.82, 2.24) is 9.97 Å². The van der Waals surface area contributed by atoms with Gasteiger partial charge in [-0.25, -0.2) is 9.97 Å². The van der Waals surface area contributed by atoms with Gasteiger partial charge in [0.2, 0.25) is 0 Å². The highest BCUT2D eigenvalue weighted by Crippen LogP contribution is 2.21. The molecule has 1 fully saturated rings. The van der Waals surface area contributed by atoms with E-state index in [1.165, 1.54) is 25.7 Å². The number of halogens is 1. The lowest BCUT2D eigenvalue weighted by Gasteiger charge is -2.11. The zero-order valence-corrected chi connectivity index (χ0v) is 8.09. The fraction of sp³-hybridized carbons (Fsp3) is 0.556. The first-order valence-corrected chi connectivity index (χ1v) is 4.96. The number of hydrogen-bond donors (Lipinski definition) is 1. The largest absolute Gasteiger partial charge is 0.366 e. The Kier molecular flexibility index (Phi) is 2.64. The van der Waals surface area contributed by atoms with Crippen molar-refractivity contribution in [1.29, 1.82) is 0 Å². The number of anilines is 1. The van der Waals surface area contributed by atoms with E-state index in [-0.39, 0.29) is 0 Å². The molecule has 0 unspecified atom stereocenters. The van der Waals surface area contributed by atoms with E-state index >= 15 is 0 Å². The summed E-state index contributed by atoms with van der Waals surface area (Å²) in [6.45, 7) is 0. The van der Waals surface area contributed by atoms with Crippen LogP contribution in [0, 0.1) is 0 Å². The lowest BCUT2D eigenvalue weighted by Crippen LogP contribution is -2.15. The molecule has 4 heteroatoms. The molecule has 0 amide bonds. The standard InChI is InChI=1S/C9H12ClN3/c10-8-5-12-9(6-11-8)13-7-3-1-2-4-7/h5-7H,1-4H2,(H,12,13). The number of rotatable bonds is 2. The molecule has 3 nitrogen and oxygen atoms in total. The van der Waals surface area contributed by atoms with Crippen LogP contribution in [0.15, 0.2) is 12.4 Å². The molecule has 1 aliphatic rings. The van der Waals surface area contributed by atoms with Crippen molar-refractivity contribution in [3.8, 4) is 0 Å². The Hall–Kier alpha value is -0.830. The van der Waals surface area contributed by atoms with Crippen LogP contribution in [-0.4, -0.2) is 16.0 Å². The topological polar surface area (TPSA) is 37.8 Å². The molecule has 1 N–H and O–H groups in total. The second kappa shape index (κ2) is 3.92. The van der Waals surface area contributed by atoms with E-state index in [0.717, 1.165) is 5.82 Å². The highest BCUT2D eigenvalue weighted by atomic mass is 35.5. The molecular weight excluding hydrogens is 186 g/mol. The van der Waals surface area contributed by atoms with E-state index < -0.39 is 0 Å². The third-order valence-corrected chi connectivity index (χ3v) is 2.52. The minimum Gasteiger partial charge on any atom is -0.366 e. The Morgan fingerprint density at radius 2 is 2.00 bits per heavy atom. The molecule has 0 aromatic carbocycles. The van der Waals surface area contributed by atoms with Gasteiger partial charge in [0.15, 0.2) is 0 Å². The molecule has 0 bridgehead atoms. The molecule has 2 rings (SSSR count). The summed E-state index contributed by atoms with van der Waals surface area (Å²) in [6.07, 6.45) is 8.37. The highest BCUT2D eigenvalue weighted by molar-refractivity contribution is 6.29. The van der Waals surface area contributed by atoms with E-state index in [4.69, 9.17) is 11.6 Å². The number of nitrogens with zero attached hydrogens (tertiary/aromatic N) is 2. The van der Waals surface area contributed by atoms with Gasteiger partial charge in [0.1, 0.15) is 11.0 Å². The minimum absolute atomic E-state index is 0.442. The van der Waals surface area contributed by atoms with Crippen molar-refractivity contribution >= 4 is 17.4 Å². The number of aromatic nitrogens is 2. The number of nitrogens with one attached hydrogen (secondary N) is 1. The van der Waals surface area contributed by atoms with Gasteiger partial charge in [0, 0.05) is 6.04 Å². The van der Waals surface area contributed by atoms with Crippen LogP contribution in [0.3, 0.4) is 0 Å². The summed E-state index contributed by atoms with van der Waals surface area (Å²) in [5, 5.41) is 3.78. The summed E-state index contributed by atoms with van der Waals surface area (Å²) in [6, 6.07) is 0.579. The second-order valence-electron chi connectivity index (χ2n) is 3.35. The summed E-state index contributed by atoms with van der Waals surface area (Å²) in [7, 11) is 0. The molecule has 70 valence electrons. The average molecular weight is 198 g/mol. The molecule has 0 radical (unpaired) electrons. The Labute approximate surface area is 82.5 Å². The van der Waals surface area contributed by atoms with Gasteiger partial charge in [-0.3, -0.25) is 0 Å². The zero-order valence-electron chi connectivity index (χ0n) is 7.33. The van der Waals surface area contributed by atoms with E-state index in [0.29, 0.717) is 11.2 Å². The first-order chi connectivity index (χ1) is 6.34. The molecule has 1 aromatic rings. The first kappa shape index (κ1) is 8.75. The van der Waals surface area contributed by atoms with Crippen LogP contribution in [0.25, 0.3) is 0 Å². The minimum atomic E-state index is 0.442. The molecule has 0 spiro atoms. The highest BCUT2D eigenvalue weighted by Gasteiger charge is 2.14. The maximum absolute atomic E-state index is 5.63. The smallest absolute Gasteiger partial charge is 0.147 e. The zero-order chi connectivity index (χ0) is 9.10. The molecule has 0 aliphatic heterocycles. The van der Waals surface area contributed by atoms with Crippen LogP contribution in [0.1, 0.15) is 25.7 Å². The molecule has 1 saturated carbocycles. The van der Waals surface area contributed by atoms with E-state index in [2.05, 4.69) is 15.3 Å². The maximum Gasteiger partial charge on any atom is 0.147 e. The normalized spacial score (nSPS) is 17.6. The molecule has 13 heavy (non-hydrogen) atoms. The fourth-order valence-corrected chi connectivity index (χ4v) is 1.76. The van der Waals surface area contributed by atoms with Gasteiger partial charge in [-0.15, -0.1) is 0 Å². The monoisotopic (exact) mass is 197 g/mol. The Bertz CT molecular complexity index is 267. The summed E-state index contributed by atoms with van der Waals surface area (Å²) in [4.78, 5) is 8.10. The van der Waals surface area contributed by atoms with Crippen molar-refractivity contribution in [3.63, 3.8) is 0 Å². The van der Waals surface area contributed by atoms with Gasteiger partial charge in [-0.2, -0.15) is 0 Å². The SMILES string of the molecule is Clc1cnc(NC2CCCC2)cn1. The Morgan fingerprint density at radius 3 is 2.62 bits per heavy atom. The van der Waals surface area contributed by atoms with Crippen molar-refractivity contribution in [2.45, 2.75) is 31.7 Å².